The molecule has 1 amide bonds. The van der Waals surface area contributed by atoms with E-state index in [1.54, 1.807) is 12.1 Å². The third kappa shape index (κ3) is 3.65. The minimum atomic E-state index is -0.317. The lowest BCUT2D eigenvalue weighted by molar-refractivity contribution is -0.679. The molecule has 3 nitrogen and oxygen atoms in total. The first-order valence-corrected chi connectivity index (χ1v) is 6.65. The average molecular weight is 273 g/mol. The maximum atomic E-state index is 12.8. The Hall–Kier alpha value is -2.20. The first kappa shape index (κ1) is 14.2. The second kappa shape index (κ2) is 6.82. The molecular formula is C16H18FN2O+. The predicted octanol–water partition coefficient (Wildman–Crippen LogP) is 2.09. The SMILES string of the molecule is CC[NH2+][C@H](C(=O)Nc1ccc(F)cc1)c1ccccc1. The number of hydrogen-bond donors (Lipinski definition) is 2. The summed E-state index contributed by atoms with van der Waals surface area (Å²) in [7, 11) is 0. The van der Waals surface area contributed by atoms with Crippen LogP contribution in [0.2, 0.25) is 0 Å². The van der Waals surface area contributed by atoms with Crippen LogP contribution in [0.1, 0.15) is 18.5 Å². The van der Waals surface area contributed by atoms with Gasteiger partial charge in [-0.05, 0) is 31.2 Å². The average Bonchev–Trinajstić information content (AvgIpc) is 2.48. The minimum Gasteiger partial charge on any atom is -0.332 e. The number of benzene rings is 2. The summed E-state index contributed by atoms with van der Waals surface area (Å²) >= 11 is 0. The zero-order chi connectivity index (χ0) is 14.4. The maximum absolute atomic E-state index is 12.8. The van der Waals surface area contributed by atoms with Gasteiger partial charge in [0.05, 0.1) is 6.54 Å². The zero-order valence-corrected chi connectivity index (χ0v) is 11.3. The summed E-state index contributed by atoms with van der Waals surface area (Å²) in [5.74, 6) is -0.424. The fraction of sp³-hybridized carbons (Fsp3) is 0.188. The maximum Gasteiger partial charge on any atom is 0.287 e. The van der Waals surface area contributed by atoms with Gasteiger partial charge in [0.2, 0.25) is 0 Å². The molecule has 104 valence electrons. The summed E-state index contributed by atoms with van der Waals surface area (Å²) in [5, 5.41) is 4.78. The Morgan fingerprint density at radius 2 is 1.80 bits per heavy atom. The Balaban J connectivity index is 2.13. The molecule has 0 aliphatic carbocycles. The number of anilines is 1. The van der Waals surface area contributed by atoms with E-state index in [-0.39, 0.29) is 17.8 Å². The molecule has 20 heavy (non-hydrogen) atoms. The quantitative estimate of drug-likeness (QED) is 0.861. The lowest BCUT2D eigenvalue weighted by Gasteiger charge is -2.15. The Kier molecular flexibility index (Phi) is 4.85. The number of nitrogens with one attached hydrogen (secondary N) is 1. The van der Waals surface area contributed by atoms with Gasteiger partial charge in [-0.15, -0.1) is 0 Å². The van der Waals surface area contributed by atoms with Crippen molar-refractivity contribution in [2.45, 2.75) is 13.0 Å². The highest BCUT2D eigenvalue weighted by molar-refractivity contribution is 5.94. The highest BCUT2D eigenvalue weighted by Gasteiger charge is 2.23. The van der Waals surface area contributed by atoms with Crippen LogP contribution in [0.5, 0.6) is 0 Å². The van der Waals surface area contributed by atoms with Crippen LogP contribution < -0.4 is 10.6 Å². The third-order valence-corrected chi connectivity index (χ3v) is 3.02. The first-order chi connectivity index (χ1) is 9.70. The van der Waals surface area contributed by atoms with Crippen molar-refractivity contribution in [3.05, 3.63) is 66.0 Å². The van der Waals surface area contributed by atoms with E-state index in [4.69, 9.17) is 0 Å². The molecule has 2 aromatic rings. The summed E-state index contributed by atoms with van der Waals surface area (Å²) in [6, 6.07) is 15.1. The Morgan fingerprint density at radius 1 is 1.15 bits per heavy atom. The smallest absolute Gasteiger partial charge is 0.287 e. The number of likely N-dealkylation sites (N-methyl/N-ethyl adjacent to an activating group) is 1. The van der Waals surface area contributed by atoms with E-state index in [1.807, 2.05) is 42.6 Å². The van der Waals surface area contributed by atoms with Crippen LogP contribution in [-0.2, 0) is 4.79 Å². The molecule has 0 aliphatic heterocycles. The largest absolute Gasteiger partial charge is 0.332 e. The van der Waals surface area contributed by atoms with E-state index in [0.717, 1.165) is 12.1 Å². The van der Waals surface area contributed by atoms with Crippen molar-refractivity contribution in [2.24, 2.45) is 0 Å². The number of carbonyl (C=O) groups excluding carboxylic acids is 1. The summed E-state index contributed by atoms with van der Waals surface area (Å²) < 4.78 is 12.8. The second-order valence-corrected chi connectivity index (χ2v) is 4.53. The lowest BCUT2D eigenvalue weighted by atomic mass is 10.1. The Morgan fingerprint density at radius 3 is 2.40 bits per heavy atom. The van der Waals surface area contributed by atoms with Gasteiger partial charge in [0.1, 0.15) is 5.82 Å². The van der Waals surface area contributed by atoms with Gasteiger partial charge in [-0.1, -0.05) is 30.3 Å². The van der Waals surface area contributed by atoms with Gasteiger partial charge in [0, 0.05) is 11.3 Å². The molecule has 0 saturated heterocycles. The molecule has 3 N–H and O–H groups in total. The highest BCUT2D eigenvalue weighted by Crippen LogP contribution is 2.13. The molecular weight excluding hydrogens is 255 g/mol. The van der Waals surface area contributed by atoms with Crippen LogP contribution in [0.25, 0.3) is 0 Å². The van der Waals surface area contributed by atoms with E-state index in [9.17, 15) is 9.18 Å². The van der Waals surface area contributed by atoms with Crippen LogP contribution in [0.15, 0.2) is 54.6 Å². The first-order valence-electron chi connectivity index (χ1n) is 6.65. The summed E-state index contributed by atoms with van der Waals surface area (Å²) in [6.07, 6.45) is 0. The Labute approximate surface area is 117 Å². The van der Waals surface area contributed by atoms with Gasteiger partial charge >= 0.3 is 0 Å². The van der Waals surface area contributed by atoms with Crippen molar-refractivity contribution in [2.75, 3.05) is 11.9 Å². The van der Waals surface area contributed by atoms with Crippen molar-refractivity contribution in [3.63, 3.8) is 0 Å². The monoisotopic (exact) mass is 273 g/mol. The summed E-state index contributed by atoms with van der Waals surface area (Å²) in [6.45, 7) is 2.80. The molecule has 0 unspecified atom stereocenters. The van der Waals surface area contributed by atoms with E-state index < -0.39 is 0 Å². The van der Waals surface area contributed by atoms with Crippen molar-refractivity contribution >= 4 is 11.6 Å². The third-order valence-electron chi connectivity index (χ3n) is 3.02. The van der Waals surface area contributed by atoms with Crippen LogP contribution in [0.4, 0.5) is 10.1 Å². The summed E-state index contributed by atoms with van der Waals surface area (Å²) in [4.78, 5) is 12.4. The Bertz CT molecular complexity index is 554. The molecule has 0 aliphatic rings. The second-order valence-electron chi connectivity index (χ2n) is 4.53. The molecule has 0 saturated carbocycles. The van der Waals surface area contributed by atoms with Gasteiger partial charge < -0.3 is 10.6 Å². The number of halogens is 1. The van der Waals surface area contributed by atoms with E-state index >= 15 is 0 Å². The fourth-order valence-electron chi connectivity index (χ4n) is 2.04. The van der Waals surface area contributed by atoms with Crippen molar-refractivity contribution < 1.29 is 14.5 Å². The normalized spacial score (nSPS) is 11.9. The van der Waals surface area contributed by atoms with Crippen molar-refractivity contribution in [1.82, 2.24) is 0 Å². The van der Waals surface area contributed by atoms with Gasteiger partial charge in [0.15, 0.2) is 6.04 Å². The standard InChI is InChI=1S/C16H17FN2O/c1-2-18-15(12-6-4-3-5-7-12)16(20)19-14-10-8-13(17)9-11-14/h3-11,15,18H,2H2,1H3,(H,19,20)/p+1/t15-/m0/s1. The minimum absolute atomic E-state index is 0.107. The van der Waals surface area contributed by atoms with E-state index in [2.05, 4.69) is 5.32 Å². The predicted molar refractivity (Wildman–Crippen MR) is 76.7 cm³/mol. The number of rotatable bonds is 5. The number of carbonyl (C=O) groups is 1. The molecule has 2 rings (SSSR count). The molecule has 1 atom stereocenters. The van der Waals surface area contributed by atoms with E-state index in [1.165, 1.54) is 12.1 Å². The van der Waals surface area contributed by atoms with E-state index in [0.29, 0.717) is 5.69 Å². The van der Waals surface area contributed by atoms with Gasteiger partial charge in [0.25, 0.3) is 5.91 Å². The van der Waals surface area contributed by atoms with Crippen molar-refractivity contribution in [3.8, 4) is 0 Å². The number of nitrogens with two attached hydrogens (primary N) is 1. The molecule has 2 aromatic carbocycles. The van der Waals surface area contributed by atoms with Crippen LogP contribution in [-0.4, -0.2) is 12.5 Å². The highest BCUT2D eigenvalue weighted by atomic mass is 19.1. The van der Waals surface area contributed by atoms with Crippen molar-refractivity contribution in [1.29, 1.82) is 0 Å². The molecule has 0 fully saturated rings. The molecule has 0 heterocycles. The molecule has 0 aromatic heterocycles. The van der Waals surface area contributed by atoms with Gasteiger partial charge in [-0.25, -0.2) is 4.39 Å². The fourth-order valence-corrected chi connectivity index (χ4v) is 2.04. The topological polar surface area (TPSA) is 45.7 Å². The van der Waals surface area contributed by atoms with Gasteiger partial charge in [-0.2, -0.15) is 0 Å². The lowest BCUT2D eigenvalue weighted by Crippen LogP contribution is -2.86. The molecule has 0 radical (unpaired) electrons. The van der Waals surface area contributed by atoms with Crippen LogP contribution in [0, 0.1) is 5.82 Å². The van der Waals surface area contributed by atoms with Gasteiger partial charge in [-0.3, -0.25) is 4.79 Å². The number of quaternary nitrogens is 1. The zero-order valence-electron chi connectivity index (χ0n) is 11.3. The number of hydrogen-bond acceptors (Lipinski definition) is 1. The number of amides is 1. The molecule has 0 bridgehead atoms. The van der Waals surface area contributed by atoms with Crippen LogP contribution >= 0.6 is 0 Å². The molecule has 4 heteroatoms. The molecule has 0 spiro atoms. The summed E-state index contributed by atoms with van der Waals surface area (Å²) in [5.41, 5.74) is 1.55. The van der Waals surface area contributed by atoms with Crippen LogP contribution in [0.3, 0.4) is 0 Å².